The molecule has 0 fully saturated rings. The average Bonchev–Trinajstić information content (AvgIpc) is 2.46. The summed E-state index contributed by atoms with van der Waals surface area (Å²) in [5.41, 5.74) is 3.13. The molecular weight excluding hydrogens is 267 g/mol. The first-order valence-electron chi connectivity index (χ1n) is 6.76. The van der Waals surface area contributed by atoms with Crippen molar-refractivity contribution in [3.05, 3.63) is 52.5 Å². The Morgan fingerprint density at radius 1 is 1.24 bits per heavy atom. The van der Waals surface area contributed by atoms with Crippen molar-refractivity contribution in [3.63, 3.8) is 0 Å². The molecule has 0 aliphatic rings. The van der Waals surface area contributed by atoms with Crippen LogP contribution in [0.15, 0.2) is 24.3 Å². The molecule has 1 N–H and O–H groups in total. The number of benzene rings is 1. The fourth-order valence-corrected chi connectivity index (χ4v) is 2.10. The summed E-state index contributed by atoms with van der Waals surface area (Å²) < 4.78 is 12.9. The smallest absolute Gasteiger partial charge is 0.167 e. The number of hydrogen-bond donors (Lipinski definition) is 1. The highest BCUT2D eigenvalue weighted by Gasteiger charge is 2.13. The molecule has 1 unspecified atom stereocenters. The van der Waals surface area contributed by atoms with E-state index in [1.807, 2.05) is 20.8 Å². The Hall–Kier alpha value is -2.48. The maximum absolute atomic E-state index is 12.9. The van der Waals surface area contributed by atoms with Gasteiger partial charge < -0.3 is 5.32 Å². The molecule has 0 bridgehead atoms. The molecule has 1 aromatic carbocycles. The zero-order chi connectivity index (χ0) is 15.4. The number of nitrogens with zero attached hydrogens (tertiary/aromatic N) is 3. The molecule has 0 spiro atoms. The van der Waals surface area contributed by atoms with Crippen molar-refractivity contribution in [3.8, 4) is 6.07 Å². The Bertz CT molecular complexity index is 674. The summed E-state index contributed by atoms with van der Waals surface area (Å²) in [4.78, 5) is 0. The van der Waals surface area contributed by atoms with Gasteiger partial charge in [0.15, 0.2) is 5.82 Å². The first-order chi connectivity index (χ1) is 10.0. The van der Waals surface area contributed by atoms with E-state index in [0.717, 1.165) is 16.8 Å². The van der Waals surface area contributed by atoms with E-state index >= 15 is 0 Å². The predicted octanol–water partition coefficient (Wildman–Crippen LogP) is 3.15. The predicted molar refractivity (Wildman–Crippen MR) is 79.4 cm³/mol. The third-order valence-electron chi connectivity index (χ3n) is 3.40. The minimum Gasteiger partial charge on any atom is -0.365 e. The molecule has 1 atom stereocenters. The van der Waals surface area contributed by atoms with Gasteiger partial charge in [-0.1, -0.05) is 12.1 Å². The van der Waals surface area contributed by atoms with Crippen LogP contribution in [0.2, 0.25) is 0 Å². The number of rotatable bonds is 4. The van der Waals surface area contributed by atoms with E-state index in [0.29, 0.717) is 17.8 Å². The number of nitriles is 1. The molecular formula is C16H17FN4. The highest BCUT2D eigenvalue weighted by Crippen LogP contribution is 2.18. The largest absolute Gasteiger partial charge is 0.365 e. The Balaban J connectivity index is 2.13. The van der Waals surface area contributed by atoms with Gasteiger partial charge in [0, 0.05) is 6.04 Å². The molecule has 108 valence electrons. The normalized spacial score (nSPS) is 11.8. The Labute approximate surface area is 123 Å². The van der Waals surface area contributed by atoms with Crippen LogP contribution in [0.5, 0.6) is 0 Å². The summed E-state index contributed by atoms with van der Waals surface area (Å²) in [5, 5.41) is 20.6. The van der Waals surface area contributed by atoms with Crippen LogP contribution in [0.1, 0.15) is 29.3 Å². The second kappa shape index (κ2) is 6.31. The third-order valence-corrected chi connectivity index (χ3v) is 3.40. The van der Waals surface area contributed by atoms with Crippen molar-refractivity contribution in [2.45, 2.75) is 33.2 Å². The number of anilines is 1. The van der Waals surface area contributed by atoms with E-state index in [1.165, 1.54) is 12.1 Å². The lowest BCUT2D eigenvalue weighted by atomic mass is 10.1. The van der Waals surface area contributed by atoms with E-state index in [9.17, 15) is 9.65 Å². The first-order valence-corrected chi connectivity index (χ1v) is 6.76. The van der Waals surface area contributed by atoms with Crippen molar-refractivity contribution in [2.24, 2.45) is 0 Å². The van der Waals surface area contributed by atoms with Gasteiger partial charge in [-0.3, -0.25) is 0 Å². The second-order valence-electron chi connectivity index (χ2n) is 5.12. The van der Waals surface area contributed by atoms with Gasteiger partial charge in [-0.15, -0.1) is 5.10 Å². The molecule has 0 saturated heterocycles. The lowest BCUT2D eigenvalue weighted by molar-refractivity contribution is 0.626. The van der Waals surface area contributed by atoms with Crippen LogP contribution in [-0.4, -0.2) is 16.2 Å². The first kappa shape index (κ1) is 14.9. The van der Waals surface area contributed by atoms with E-state index in [2.05, 4.69) is 21.6 Å². The van der Waals surface area contributed by atoms with Gasteiger partial charge in [-0.05, 0) is 50.5 Å². The minimum absolute atomic E-state index is 0.0546. The molecule has 21 heavy (non-hydrogen) atoms. The summed E-state index contributed by atoms with van der Waals surface area (Å²) in [6.45, 7) is 5.68. The monoisotopic (exact) mass is 284 g/mol. The van der Waals surface area contributed by atoms with E-state index in [-0.39, 0.29) is 11.9 Å². The Kier molecular flexibility index (Phi) is 4.49. The zero-order valence-corrected chi connectivity index (χ0v) is 12.3. The van der Waals surface area contributed by atoms with Gasteiger partial charge >= 0.3 is 0 Å². The summed E-state index contributed by atoms with van der Waals surface area (Å²) in [5.74, 6) is 0.251. The van der Waals surface area contributed by atoms with Gasteiger partial charge in [0.1, 0.15) is 17.4 Å². The maximum atomic E-state index is 12.9. The maximum Gasteiger partial charge on any atom is 0.167 e. The van der Waals surface area contributed by atoms with E-state index in [4.69, 9.17) is 0 Å². The quantitative estimate of drug-likeness (QED) is 0.937. The third kappa shape index (κ3) is 3.54. The van der Waals surface area contributed by atoms with Crippen molar-refractivity contribution in [2.75, 3.05) is 5.32 Å². The molecule has 2 rings (SSSR count). The summed E-state index contributed by atoms with van der Waals surface area (Å²) in [6, 6.07) is 8.62. The molecule has 1 heterocycles. The molecule has 0 radical (unpaired) electrons. The number of nitrogens with one attached hydrogen (secondary N) is 1. The molecule has 0 amide bonds. The molecule has 1 aromatic heterocycles. The van der Waals surface area contributed by atoms with Crippen molar-refractivity contribution >= 4 is 5.82 Å². The highest BCUT2D eigenvalue weighted by molar-refractivity contribution is 5.56. The molecule has 5 heteroatoms. The molecule has 0 aliphatic heterocycles. The van der Waals surface area contributed by atoms with Crippen LogP contribution in [0.4, 0.5) is 10.2 Å². The lowest BCUT2D eigenvalue weighted by Crippen LogP contribution is -2.20. The van der Waals surface area contributed by atoms with Gasteiger partial charge in [-0.25, -0.2) is 4.39 Å². The fourth-order valence-electron chi connectivity index (χ4n) is 2.10. The standard InChI is InChI=1S/C16H17FN4/c1-10(8-13-4-6-14(17)7-5-13)19-16-15(9-18)11(2)12(3)20-21-16/h4-7,10H,8H2,1-3H3,(H,19,21). The molecule has 2 aromatic rings. The molecule has 4 nitrogen and oxygen atoms in total. The summed E-state index contributed by atoms with van der Waals surface area (Å²) in [7, 11) is 0. The lowest BCUT2D eigenvalue weighted by Gasteiger charge is -2.16. The number of aromatic nitrogens is 2. The van der Waals surface area contributed by atoms with Crippen LogP contribution in [0.3, 0.4) is 0 Å². The van der Waals surface area contributed by atoms with Gasteiger partial charge in [0.25, 0.3) is 0 Å². The summed E-state index contributed by atoms with van der Waals surface area (Å²) in [6.07, 6.45) is 0.708. The van der Waals surface area contributed by atoms with Crippen LogP contribution in [-0.2, 0) is 6.42 Å². The molecule has 0 saturated carbocycles. The van der Waals surface area contributed by atoms with Crippen LogP contribution < -0.4 is 5.32 Å². The fraction of sp³-hybridized carbons (Fsp3) is 0.312. The second-order valence-corrected chi connectivity index (χ2v) is 5.12. The van der Waals surface area contributed by atoms with Crippen LogP contribution >= 0.6 is 0 Å². The number of hydrogen-bond acceptors (Lipinski definition) is 4. The van der Waals surface area contributed by atoms with Gasteiger partial charge in [0.05, 0.1) is 5.69 Å². The topological polar surface area (TPSA) is 61.6 Å². The van der Waals surface area contributed by atoms with Gasteiger partial charge in [0.2, 0.25) is 0 Å². The van der Waals surface area contributed by atoms with Crippen LogP contribution in [0.25, 0.3) is 0 Å². The minimum atomic E-state index is -0.244. The summed E-state index contributed by atoms with van der Waals surface area (Å²) >= 11 is 0. The van der Waals surface area contributed by atoms with Crippen molar-refractivity contribution in [1.82, 2.24) is 10.2 Å². The number of halogens is 1. The Morgan fingerprint density at radius 3 is 2.52 bits per heavy atom. The van der Waals surface area contributed by atoms with E-state index in [1.54, 1.807) is 12.1 Å². The zero-order valence-electron chi connectivity index (χ0n) is 12.3. The SMILES string of the molecule is Cc1nnc(NC(C)Cc2ccc(F)cc2)c(C#N)c1C. The van der Waals surface area contributed by atoms with Gasteiger partial charge in [-0.2, -0.15) is 10.4 Å². The van der Waals surface area contributed by atoms with Crippen molar-refractivity contribution < 1.29 is 4.39 Å². The molecule has 0 aliphatic carbocycles. The Morgan fingerprint density at radius 2 is 1.90 bits per heavy atom. The van der Waals surface area contributed by atoms with E-state index < -0.39 is 0 Å². The number of aryl methyl sites for hydroxylation is 1. The highest BCUT2D eigenvalue weighted by atomic mass is 19.1. The van der Waals surface area contributed by atoms with Crippen molar-refractivity contribution in [1.29, 1.82) is 5.26 Å². The van der Waals surface area contributed by atoms with Crippen LogP contribution in [0, 0.1) is 31.0 Å². The average molecular weight is 284 g/mol.